The lowest BCUT2D eigenvalue weighted by Gasteiger charge is -2.27. The fraction of sp³-hybridized carbons (Fsp3) is 0.389. The maximum atomic E-state index is 13.2. The lowest BCUT2D eigenvalue weighted by atomic mass is 9.93. The van der Waals surface area contributed by atoms with Crippen molar-refractivity contribution in [3.05, 3.63) is 47.5 Å². The van der Waals surface area contributed by atoms with E-state index in [9.17, 15) is 19.1 Å². The van der Waals surface area contributed by atoms with Gasteiger partial charge in [0.15, 0.2) is 5.69 Å². The fourth-order valence-corrected chi connectivity index (χ4v) is 3.08. The highest BCUT2D eigenvalue weighted by molar-refractivity contribution is 5.95. The molecule has 1 aromatic heterocycles. The number of hydrogen-bond donors (Lipinski definition) is 2. The van der Waals surface area contributed by atoms with Gasteiger partial charge in [0.05, 0.1) is 12.3 Å². The van der Waals surface area contributed by atoms with Crippen LogP contribution < -0.4 is 5.32 Å². The van der Waals surface area contributed by atoms with Crippen LogP contribution in [-0.2, 0) is 9.53 Å². The molecule has 2 N–H and O–H groups in total. The normalized spacial score (nSPS) is 18.3. The quantitative estimate of drug-likeness (QED) is 0.849. The Morgan fingerprint density at radius 3 is 2.88 bits per heavy atom. The van der Waals surface area contributed by atoms with Crippen LogP contribution in [0.25, 0.3) is 5.69 Å². The molecular formula is C18H20FN3O4. The van der Waals surface area contributed by atoms with Crippen molar-refractivity contribution in [3.63, 3.8) is 0 Å². The average molecular weight is 361 g/mol. The minimum atomic E-state index is -1.09. The number of nitrogens with zero attached hydrogens (tertiary/aromatic N) is 2. The van der Waals surface area contributed by atoms with Crippen molar-refractivity contribution in [3.8, 4) is 5.69 Å². The van der Waals surface area contributed by atoms with Crippen LogP contribution in [0, 0.1) is 18.7 Å². The molecule has 2 atom stereocenters. The summed E-state index contributed by atoms with van der Waals surface area (Å²) in [4.78, 5) is 24.0. The predicted octanol–water partition coefficient (Wildman–Crippen LogP) is 1.93. The highest BCUT2D eigenvalue weighted by Gasteiger charge is 2.32. The van der Waals surface area contributed by atoms with Crippen LogP contribution in [-0.4, -0.2) is 46.0 Å². The highest BCUT2D eigenvalue weighted by Crippen LogP contribution is 2.19. The Morgan fingerprint density at radius 1 is 1.42 bits per heavy atom. The highest BCUT2D eigenvalue weighted by atomic mass is 19.1. The molecule has 2 unspecified atom stereocenters. The topological polar surface area (TPSA) is 93.5 Å². The van der Waals surface area contributed by atoms with Gasteiger partial charge in [0.25, 0.3) is 5.91 Å². The summed E-state index contributed by atoms with van der Waals surface area (Å²) >= 11 is 0. The van der Waals surface area contributed by atoms with Crippen LogP contribution in [0.15, 0.2) is 30.5 Å². The molecule has 0 radical (unpaired) electrons. The van der Waals surface area contributed by atoms with Gasteiger partial charge < -0.3 is 15.2 Å². The number of halogens is 1. The molecule has 1 aliphatic heterocycles. The largest absolute Gasteiger partial charge is 0.480 e. The lowest BCUT2D eigenvalue weighted by molar-refractivity contribution is -0.142. The summed E-state index contributed by atoms with van der Waals surface area (Å²) < 4.78 is 20.0. The molecule has 1 aromatic carbocycles. The Labute approximate surface area is 149 Å². The number of rotatable bonds is 5. The van der Waals surface area contributed by atoms with E-state index in [2.05, 4.69) is 10.4 Å². The van der Waals surface area contributed by atoms with Crippen LogP contribution in [0.3, 0.4) is 0 Å². The molecule has 0 saturated carbocycles. The van der Waals surface area contributed by atoms with Crippen LogP contribution in [0.4, 0.5) is 4.39 Å². The third-order valence-electron chi connectivity index (χ3n) is 4.45. The molecule has 1 saturated heterocycles. The van der Waals surface area contributed by atoms with E-state index in [0.717, 1.165) is 6.42 Å². The van der Waals surface area contributed by atoms with Crippen molar-refractivity contribution in [1.29, 1.82) is 0 Å². The molecule has 3 rings (SSSR count). The van der Waals surface area contributed by atoms with Gasteiger partial charge in [-0.25, -0.2) is 13.9 Å². The zero-order chi connectivity index (χ0) is 18.7. The molecular weight excluding hydrogens is 341 g/mol. The van der Waals surface area contributed by atoms with Crippen molar-refractivity contribution >= 4 is 11.9 Å². The van der Waals surface area contributed by atoms with E-state index in [4.69, 9.17) is 4.74 Å². The second-order valence-electron chi connectivity index (χ2n) is 6.34. The third-order valence-corrected chi connectivity index (χ3v) is 4.45. The Bertz CT molecular complexity index is 815. The number of benzene rings is 1. The summed E-state index contributed by atoms with van der Waals surface area (Å²) in [7, 11) is 0. The van der Waals surface area contributed by atoms with E-state index in [1.54, 1.807) is 19.2 Å². The molecule has 8 heteroatoms. The number of hydrogen-bond acceptors (Lipinski definition) is 4. The minimum absolute atomic E-state index is 0.0942. The number of carbonyl (C=O) groups is 2. The first-order valence-corrected chi connectivity index (χ1v) is 8.39. The summed E-state index contributed by atoms with van der Waals surface area (Å²) in [5.74, 6) is -2.29. The number of aliphatic carboxylic acids is 1. The van der Waals surface area contributed by atoms with Gasteiger partial charge in [-0.2, -0.15) is 5.10 Å². The van der Waals surface area contributed by atoms with Gasteiger partial charge in [-0.15, -0.1) is 0 Å². The van der Waals surface area contributed by atoms with Crippen LogP contribution in [0.2, 0.25) is 0 Å². The van der Waals surface area contributed by atoms with Crippen molar-refractivity contribution in [1.82, 2.24) is 15.1 Å². The van der Waals surface area contributed by atoms with Crippen molar-refractivity contribution in [2.75, 3.05) is 13.2 Å². The zero-order valence-corrected chi connectivity index (χ0v) is 14.3. The molecule has 26 heavy (non-hydrogen) atoms. The minimum Gasteiger partial charge on any atom is -0.480 e. The molecule has 0 spiro atoms. The molecule has 1 fully saturated rings. The number of carboxylic acid groups (broad SMARTS) is 1. The number of carbonyl (C=O) groups excluding carboxylic acids is 1. The summed E-state index contributed by atoms with van der Waals surface area (Å²) in [6.07, 6.45) is 3.03. The SMILES string of the molecule is Cc1cc(F)ccc1-n1ccc(C(=O)NC(C(=O)O)C2CCCOC2)n1. The summed E-state index contributed by atoms with van der Waals surface area (Å²) in [6, 6.07) is 4.72. The van der Waals surface area contributed by atoms with Gasteiger partial charge in [-0.05, 0) is 49.6 Å². The van der Waals surface area contributed by atoms with Crippen molar-refractivity contribution < 1.29 is 23.8 Å². The first-order valence-electron chi connectivity index (χ1n) is 8.39. The first kappa shape index (κ1) is 18.1. The van der Waals surface area contributed by atoms with E-state index in [0.29, 0.717) is 30.9 Å². The van der Waals surface area contributed by atoms with Crippen LogP contribution in [0.5, 0.6) is 0 Å². The summed E-state index contributed by atoms with van der Waals surface area (Å²) in [5, 5.41) is 16.2. The number of aryl methyl sites for hydroxylation is 1. The second-order valence-corrected chi connectivity index (χ2v) is 6.34. The Kier molecular flexibility index (Phi) is 5.32. The summed E-state index contributed by atoms with van der Waals surface area (Å²) in [5.41, 5.74) is 1.40. The molecule has 0 aliphatic carbocycles. The molecule has 2 aromatic rings. The van der Waals surface area contributed by atoms with E-state index >= 15 is 0 Å². The van der Waals surface area contributed by atoms with Crippen molar-refractivity contribution in [2.45, 2.75) is 25.8 Å². The molecule has 1 aliphatic rings. The Morgan fingerprint density at radius 2 is 2.23 bits per heavy atom. The molecule has 0 bridgehead atoms. The number of amides is 1. The zero-order valence-electron chi connectivity index (χ0n) is 14.3. The van der Waals surface area contributed by atoms with Gasteiger partial charge in [0.2, 0.25) is 0 Å². The monoisotopic (exact) mass is 361 g/mol. The van der Waals surface area contributed by atoms with Crippen molar-refractivity contribution in [2.24, 2.45) is 5.92 Å². The number of nitrogens with one attached hydrogen (secondary N) is 1. The van der Waals surface area contributed by atoms with Gasteiger partial charge in [0, 0.05) is 18.7 Å². The van der Waals surface area contributed by atoms with E-state index in [1.807, 2.05) is 0 Å². The Hall–Kier alpha value is -2.74. The van der Waals surface area contributed by atoms with Gasteiger partial charge in [0.1, 0.15) is 11.9 Å². The van der Waals surface area contributed by atoms with Gasteiger partial charge in [-0.3, -0.25) is 4.79 Å². The number of carboxylic acids is 1. The van der Waals surface area contributed by atoms with E-state index in [1.165, 1.54) is 22.9 Å². The number of aromatic nitrogens is 2. The lowest BCUT2D eigenvalue weighted by Crippen LogP contribution is -2.48. The second kappa shape index (κ2) is 7.65. The van der Waals surface area contributed by atoms with Crippen LogP contribution in [0.1, 0.15) is 28.9 Å². The van der Waals surface area contributed by atoms with Crippen LogP contribution >= 0.6 is 0 Å². The maximum absolute atomic E-state index is 13.2. The predicted molar refractivity (Wildman–Crippen MR) is 90.7 cm³/mol. The van der Waals surface area contributed by atoms with E-state index < -0.39 is 17.9 Å². The standard InChI is InChI=1S/C18H20FN3O4/c1-11-9-13(19)4-5-15(11)22-7-6-14(21-22)17(23)20-16(18(24)25)12-3-2-8-26-10-12/h4-7,9,12,16H,2-3,8,10H2,1H3,(H,20,23)(H,24,25). The fourth-order valence-electron chi connectivity index (χ4n) is 3.08. The smallest absolute Gasteiger partial charge is 0.326 e. The molecule has 7 nitrogen and oxygen atoms in total. The number of ether oxygens (including phenoxy) is 1. The first-order chi connectivity index (χ1) is 12.5. The summed E-state index contributed by atoms with van der Waals surface area (Å²) in [6.45, 7) is 2.65. The third kappa shape index (κ3) is 3.91. The average Bonchev–Trinajstić information content (AvgIpc) is 3.10. The van der Waals surface area contributed by atoms with E-state index in [-0.39, 0.29) is 17.4 Å². The van der Waals surface area contributed by atoms with Gasteiger partial charge in [-0.1, -0.05) is 0 Å². The Balaban J connectivity index is 1.75. The molecule has 1 amide bonds. The maximum Gasteiger partial charge on any atom is 0.326 e. The molecule has 2 heterocycles. The van der Waals surface area contributed by atoms with Gasteiger partial charge >= 0.3 is 5.97 Å². The molecule has 138 valence electrons.